The smallest absolute Gasteiger partial charge is 0.350 e. The van der Waals surface area contributed by atoms with Crippen LogP contribution in [0, 0.1) is 0 Å². The first-order valence-corrected chi connectivity index (χ1v) is 10.0. The van der Waals surface area contributed by atoms with Gasteiger partial charge in [0.2, 0.25) is 0 Å². The van der Waals surface area contributed by atoms with E-state index >= 15 is 0 Å². The predicted octanol–water partition coefficient (Wildman–Crippen LogP) is -0.935. The van der Waals surface area contributed by atoms with Crippen molar-refractivity contribution in [2.24, 2.45) is 11.5 Å². The number of rotatable bonds is 1. The molecule has 7 N–H and O–H groups in total. The second kappa shape index (κ2) is 12.3. The van der Waals surface area contributed by atoms with Gasteiger partial charge in [-0.1, -0.05) is 18.2 Å². The van der Waals surface area contributed by atoms with Gasteiger partial charge in [0.1, 0.15) is 0 Å². The maximum Gasteiger partial charge on any atom is 0.384 e. The molecule has 12 amide bonds. The molecule has 0 heterocycles. The zero-order chi connectivity index (χ0) is 27.7. The first-order valence-electron chi connectivity index (χ1n) is 10.0. The average Bonchev–Trinajstić information content (AvgIpc) is 2.84. The number of benzene rings is 1. The maximum atomic E-state index is 13.8. The molecule has 1 aromatic carbocycles. The fourth-order valence-corrected chi connectivity index (χ4v) is 2.43. The number of para-hydroxylation sites is 1. The summed E-state index contributed by atoms with van der Waals surface area (Å²) in [6.07, 6.45) is 0. The van der Waals surface area contributed by atoms with Crippen molar-refractivity contribution >= 4 is 41.9 Å². The Morgan fingerprint density at radius 3 is 1.72 bits per heavy atom. The molecule has 0 spiro atoms. The number of hydrazine groups is 5. The third-order valence-electron chi connectivity index (χ3n) is 4.39. The van der Waals surface area contributed by atoms with Crippen LogP contribution in [0.3, 0.4) is 0 Å². The number of urea groups is 6. The van der Waals surface area contributed by atoms with E-state index in [1.807, 2.05) is 5.43 Å². The van der Waals surface area contributed by atoms with Crippen LogP contribution in [0.4, 0.5) is 34.5 Å². The molecule has 18 heteroatoms. The molecule has 0 aliphatic rings. The molecule has 0 aliphatic carbocycles. The van der Waals surface area contributed by atoms with E-state index in [1.54, 1.807) is 18.2 Å². The van der Waals surface area contributed by atoms with Crippen molar-refractivity contribution in [3.05, 3.63) is 30.3 Å². The van der Waals surface area contributed by atoms with Crippen LogP contribution in [0.15, 0.2) is 30.3 Å². The number of nitrogens with one attached hydrogen (secondary N) is 3. The number of carbonyl (C=O) groups excluding carboxylic acids is 6. The number of hydrogen-bond acceptors (Lipinski definition) is 6. The van der Waals surface area contributed by atoms with Crippen LogP contribution in [0.25, 0.3) is 0 Å². The molecule has 0 aliphatic heterocycles. The lowest BCUT2D eigenvalue weighted by molar-refractivity contribution is -0.106. The van der Waals surface area contributed by atoms with Gasteiger partial charge in [0.25, 0.3) is 0 Å². The molecular weight excluding hydrogens is 480 g/mol. The molecule has 0 atom stereocenters. The summed E-state index contributed by atoms with van der Waals surface area (Å²) in [5.74, 6) is 0. The van der Waals surface area contributed by atoms with Gasteiger partial charge in [-0.05, 0) is 12.1 Å². The Morgan fingerprint density at radius 2 is 1.28 bits per heavy atom. The fourth-order valence-electron chi connectivity index (χ4n) is 2.43. The Kier molecular flexibility index (Phi) is 9.90. The van der Waals surface area contributed by atoms with Crippen molar-refractivity contribution in [2.75, 3.05) is 47.3 Å². The lowest BCUT2D eigenvalue weighted by atomic mass is 10.3. The zero-order valence-corrected chi connectivity index (χ0v) is 20.6. The first kappa shape index (κ1) is 28.9. The topological polar surface area (TPSA) is 213 Å². The van der Waals surface area contributed by atoms with E-state index in [0.717, 1.165) is 29.0 Å². The maximum absolute atomic E-state index is 13.8. The largest absolute Gasteiger partial charge is 0.384 e. The van der Waals surface area contributed by atoms with Gasteiger partial charge in [-0.15, -0.1) is 10.2 Å². The third kappa shape index (κ3) is 6.92. The SMILES string of the molecule is CNC(=O)NN(C(=O)N(N(C)C(=O)N(C)N(C)C(N)=O)N(NC(N)=O)C(=O)N(C)C)c1ccccc1. The van der Waals surface area contributed by atoms with Crippen molar-refractivity contribution in [3.63, 3.8) is 0 Å². The van der Waals surface area contributed by atoms with Gasteiger partial charge in [-0.2, -0.15) is 5.01 Å². The predicted molar refractivity (Wildman–Crippen MR) is 126 cm³/mol. The Hall–Kier alpha value is -5.16. The van der Waals surface area contributed by atoms with Gasteiger partial charge >= 0.3 is 36.2 Å². The number of carbonyl (C=O) groups is 6. The van der Waals surface area contributed by atoms with Crippen LogP contribution in [-0.4, -0.2) is 109 Å². The number of nitrogens with zero attached hydrogens (tertiary/aromatic N) is 7. The molecule has 0 saturated carbocycles. The molecule has 18 nitrogen and oxygen atoms in total. The second-order valence-corrected chi connectivity index (χ2v) is 7.09. The highest BCUT2D eigenvalue weighted by molar-refractivity contribution is 5.97. The van der Waals surface area contributed by atoms with Crippen molar-refractivity contribution < 1.29 is 28.8 Å². The minimum atomic E-state index is -1.27. The van der Waals surface area contributed by atoms with Crippen molar-refractivity contribution in [1.82, 2.24) is 46.3 Å². The summed E-state index contributed by atoms with van der Waals surface area (Å²) in [5.41, 5.74) is 14.7. The summed E-state index contributed by atoms with van der Waals surface area (Å²) in [5, 5.41) is 5.70. The monoisotopic (exact) mass is 510 g/mol. The number of primary amides is 2. The van der Waals surface area contributed by atoms with Crippen LogP contribution < -0.4 is 32.6 Å². The Balaban J connectivity index is 3.72. The Morgan fingerprint density at radius 1 is 0.722 bits per heavy atom. The quantitative estimate of drug-likeness (QED) is 0.301. The number of hydrogen-bond donors (Lipinski definition) is 5. The lowest BCUT2D eigenvalue weighted by Crippen LogP contribution is -2.71. The molecule has 1 rings (SSSR count). The molecule has 0 aromatic heterocycles. The summed E-state index contributed by atoms with van der Waals surface area (Å²) in [4.78, 5) is 76.3. The van der Waals surface area contributed by atoms with Gasteiger partial charge < -0.3 is 21.7 Å². The van der Waals surface area contributed by atoms with Gasteiger partial charge in [-0.25, -0.2) is 54.6 Å². The van der Waals surface area contributed by atoms with Crippen LogP contribution in [0.2, 0.25) is 0 Å². The molecule has 0 fully saturated rings. The number of anilines is 1. The summed E-state index contributed by atoms with van der Waals surface area (Å²) in [6.45, 7) is 0. The number of nitrogens with two attached hydrogens (primary N) is 2. The molecular formula is C18H30N12O6. The van der Waals surface area contributed by atoms with E-state index in [4.69, 9.17) is 11.5 Å². The molecule has 1 aromatic rings. The third-order valence-corrected chi connectivity index (χ3v) is 4.39. The van der Waals surface area contributed by atoms with Crippen LogP contribution in [0.1, 0.15) is 0 Å². The molecule has 0 radical (unpaired) electrons. The summed E-state index contributed by atoms with van der Waals surface area (Å²) in [6, 6.07) is 1.20. The number of amides is 12. The van der Waals surface area contributed by atoms with E-state index in [2.05, 4.69) is 10.7 Å². The van der Waals surface area contributed by atoms with Crippen molar-refractivity contribution in [2.45, 2.75) is 0 Å². The second-order valence-electron chi connectivity index (χ2n) is 7.09. The zero-order valence-electron chi connectivity index (χ0n) is 20.6. The molecule has 36 heavy (non-hydrogen) atoms. The van der Waals surface area contributed by atoms with E-state index in [9.17, 15) is 28.8 Å². The highest BCUT2D eigenvalue weighted by Gasteiger charge is 2.40. The van der Waals surface area contributed by atoms with E-state index in [1.165, 1.54) is 40.3 Å². The van der Waals surface area contributed by atoms with E-state index in [-0.39, 0.29) is 5.69 Å². The summed E-state index contributed by atoms with van der Waals surface area (Å²) < 4.78 is 0. The molecule has 0 unspecified atom stereocenters. The van der Waals surface area contributed by atoms with E-state index in [0.29, 0.717) is 20.3 Å². The van der Waals surface area contributed by atoms with Crippen molar-refractivity contribution in [1.29, 1.82) is 0 Å². The minimum Gasteiger partial charge on any atom is -0.350 e. The van der Waals surface area contributed by atoms with E-state index < -0.39 is 36.2 Å². The highest BCUT2D eigenvalue weighted by Crippen LogP contribution is 2.17. The highest BCUT2D eigenvalue weighted by atomic mass is 16.3. The standard InChI is InChI=1S/C18H30N12O6/c1-21-15(33)23-28(12-10-8-7-9-11-12)18(36)30(29(22-13(19)31)16(34)24(2)3)27(6)17(35)26(5)25(4)14(20)32/h7-11H,1-6H3,(H2,20,32)(H3,19,22,31)(H2,21,23,33). The molecule has 198 valence electrons. The van der Waals surface area contributed by atoms with Gasteiger partial charge in [0.15, 0.2) is 0 Å². The minimum absolute atomic E-state index is 0.107. The summed E-state index contributed by atoms with van der Waals surface area (Å²) >= 11 is 0. The normalized spacial score (nSPS) is 9.72. The fraction of sp³-hybridized carbons (Fsp3) is 0.333. The summed E-state index contributed by atoms with van der Waals surface area (Å²) in [7, 11) is 7.27. The van der Waals surface area contributed by atoms with Gasteiger partial charge in [-0.3, -0.25) is 0 Å². The Labute approximate surface area is 206 Å². The van der Waals surface area contributed by atoms with Crippen LogP contribution >= 0.6 is 0 Å². The van der Waals surface area contributed by atoms with Crippen molar-refractivity contribution in [3.8, 4) is 0 Å². The first-order chi connectivity index (χ1) is 16.7. The van der Waals surface area contributed by atoms with Crippen LogP contribution in [-0.2, 0) is 0 Å². The van der Waals surface area contributed by atoms with Gasteiger partial charge in [0.05, 0.1) is 5.69 Å². The van der Waals surface area contributed by atoms with Gasteiger partial charge in [0, 0.05) is 42.3 Å². The lowest BCUT2D eigenvalue weighted by Gasteiger charge is -2.42. The average molecular weight is 511 g/mol. The molecule has 0 bridgehead atoms. The van der Waals surface area contributed by atoms with Crippen LogP contribution in [0.5, 0.6) is 0 Å². The Bertz CT molecular complexity index is 990. The molecule has 0 saturated heterocycles.